The van der Waals surface area contributed by atoms with Gasteiger partial charge in [-0.25, -0.2) is 4.98 Å². The van der Waals surface area contributed by atoms with Crippen molar-refractivity contribution in [2.45, 2.75) is 51.0 Å². The number of aromatic nitrogens is 1. The molecular formula is C21H27N3O. The summed E-state index contributed by atoms with van der Waals surface area (Å²) in [4.78, 5) is 16.7. The van der Waals surface area contributed by atoms with Crippen molar-refractivity contribution in [2.75, 3.05) is 11.9 Å². The summed E-state index contributed by atoms with van der Waals surface area (Å²) in [6.45, 7) is 0.682. The molecule has 25 heavy (non-hydrogen) atoms. The van der Waals surface area contributed by atoms with Crippen molar-refractivity contribution in [3.05, 3.63) is 59.8 Å². The molecule has 4 heteroatoms. The standard InChI is InChI=1S/C21H27N3O/c25-21(23-14-7-10-17-8-3-1-4-9-17)18-13-15-22-20(16-18)24-19-11-5-2-6-12-19/h1,3-4,8-9,13,15-16,19H,2,5-7,10-12,14H2,(H,22,24)(H,23,25). The second-order valence-electron chi connectivity index (χ2n) is 6.75. The molecule has 0 atom stereocenters. The molecule has 1 aromatic carbocycles. The summed E-state index contributed by atoms with van der Waals surface area (Å²) >= 11 is 0. The number of nitrogens with zero attached hydrogens (tertiary/aromatic N) is 1. The summed E-state index contributed by atoms with van der Waals surface area (Å²) in [6.07, 6.45) is 9.90. The quantitative estimate of drug-likeness (QED) is 0.745. The topological polar surface area (TPSA) is 54.0 Å². The molecule has 0 radical (unpaired) electrons. The van der Waals surface area contributed by atoms with Crippen molar-refractivity contribution in [1.82, 2.24) is 10.3 Å². The van der Waals surface area contributed by atoms with Crippen molar-refractivity contribution < 1.29 is 4.79 Å². The Morgan fingerprint density at radius 1 is 1.08 bits per heavy atom. The van der Waals surface area contributed by atoms with Crippen LogP contribution in [0.3, 0.4) is 0 Å². The van der Waals surface area contributed by atoms with Crippen LogP contribution < -0.4 is 10.6 Å². The van der Waals surface area contributed by atoms with Crippen LogP contribution in [0.1, 0.15) is 54.4 Å². The predicted molar refractivity (Wildman–Crippen MR) is 102 cm³/mol. The molecule has 1 aliphatic carbocycles. The van der Waals surface area contributed by atoms with Crippen LogP contribution in [0.2, 0.25) is 0 Å². The number of rotatable bonds is 7. The van der Waals surface area contributed by atoms with Crippen LogP contribution in [0.5, 0.6) is 0 Å². The molecule has 1 aliphatic rings. The lowest BCUT2D eigenvalue weighted by atomic mass is 9.95. The number of carbonyl (C=O) groups excluding carboxylic acids is 1. The molecule has 2 aromatic rings. The Balaban J connectivity index is 1.45. The minimum Gasteiger partial charge on any atom is -0.367 e. The van der Waals surface area contributed by atoms with Gasteiger partial charge in [-0.15, -0.1) is 0 Å². The summed E-state index contributed by atoms with van der Waals surface area (Å²) in [7, 11) is 0. The van der Waals surface area contributed by atoms with Gasteiger partial charge >= 0.3 is 0 Å². The van der Waals surface area contributed by atoms with Gasteiger partial charge in [-0.05, 0) is 43.4 Å². The monoisotopic (exact) mass is 337 g/mol. The van der Waals surface area contributed by atoms with Gasteiger partial charge in [0.05, 0.1) is 0 Å². The first kappa shape index (κ1) is 17.5. The van der Waals surface area contributed by atoms with Gasteiger partial charge in [-0.1, -0.05) is 49.6 Å². The molecular weight excluding hydrogens is 310 g/mol. The maximum Gasteiger partial charge on any atom is 0.251 e. The lowest BCUT2D eigenvalue weighted by Gasteiger charge is -2.23. The van der Waals surface area contributed by atoms with Gasteiger partial charge in [0.1, 0.15) is 5.82 Å². The summed E-state index contributed by atoms with van der Waals surface area (Å²) in [5.41, 5.74) is 1.98. The van der Waals surface area contributed by atoms with E-state index in [-0.39, 0.29) is 5.91 Å². The molecule has 0 saturated heterocycles. The average Bonchev–Trinajstić information content (AvgIpc) is 2.67. The Labute approximate surface area is 150 Å². The summed E-state index contributed by atoms with van der Waals surface area (Å²) in [6, 6.07) is 14.5. The number of benzene rings is 1. The molecule has 3 rings (SSSR count). The Morgan fingerprint density at radius 2 is 1.88 bits per heavy atom. The minimum atomic E-state index is -0.0258. The molecule has 132 valence electrons. The third-order valence-electron chi connectivity index (χ3n) is 4.75. The lowest BCUT2D eigenvalue weighted by Crippen LogP contribution is -2.26. The first-order valence-corrected chi connectivity index (χ1v) is 9.36. The van der Waals surface area contributed by atoms with E-state index in [1.807, 2.05) is 24.3 Å². The van der Waals surface area contributed by atoms with Crippen molar-refractivity contribution in [3.8, 4) is 0 Å². The number of nitrogens with one attached hydrogen (secondary N) is 2. The van der Waals surface area contributed by atoms with E-state index in [2.05, 4.69) is 27.8 Å². The fourth-order valence-electron chi connectivity index (χ4n) is 3.35. The van der Waals surface area contributed by atoms with Crippen molar-refractivity contribution in [3.63, 3.8) is 0 Å². The normalized spacial score (nSPS) is 14.9. The van der Waals surface area contributed by atoms with Crippen LogP contribution in [0.25, 0.3) is 0 Å². The summed E-state index contributed by atoms with van der Waals surface area (Å²) in [5.74, 6) is 0.783. The van der Waals surface area contributed by atoms with Crippen LogP contribution in [0.4, 0.5) is 5.82 Å². The maximum atomic E-state index is 12.3. The van der Waals surface area contributed by atoms with E-state index in [0.717, 1.165) is 18.7 Å². The molecule has 1 fully saturated rings. The van der Waals surface area contributed by atoms with Crippen molar-refractivity contribution in [1.29, 1.82) is 0 Å². The third kappa shape index (κ3) is 5.59. The molecule has 1 heterocycles. The van der Waals surface area contributed by atoms with Crippen LogP contribution in [-0.4, -0.2) is 23.5 Å². The molecule has 0 unspecified atom stereocenters. The molecule has 0 aliphatic heterocycles. The van der Waals surface area contributed by atoms with Crippen LogP contribution in [0.15, 0.2) is 48.7 Å². The zero-order valence-electron chi connectivity index (χ0n) is 14.7. The van der Waals surface area contributed by atoms with Gasteiger partial charge in [-0.3, -0.25) is 4.79 Å². The van der Waals surface area contributed by atoms with Gasteiger partial charge in [-0.2, -0.15) is 0 Å². The number of hydrogen-bond donors (Lipinski definition) is 2. The first-order valence-electron chi connectivity index (χ1n) is 9.36. The van der Waals surface area contributed by atoms with Gasteiger partial charge < -0.3 is 10.6 Å². The van der Waals surface area contributed by atoms with Gasteiger partial charge in [0.2, 0.25) is 0 Å². The van der Waals surface area contributed by atoms with E-state index in [9.17, 15) is 4.79 Å². The molecule has 1 saturated carbocycles. The smallest absolute Gasteiger partial charge is 0.251 e. The van der Waals surface area contributed by atoms with E-state index in [0.29, 0.717) is 18.2 Å². The van der Waals surface area contributed by atoms with Gasteiger partial charge in [0.25, 0.3) is 5.91 Å². The highest BCUT2D eigenvalue weighted by molar-refractivity contribution is 5.94. The highest BCUT2D eigenvalue weighted by Gasteiger charge is 2.14. The number of aryl methyl sites for hydroxylation is 1. The van der Waals surface area contributed by atoms with Gasteiger partial charge in [0.15, 0.2) is 0 Å². The van der Waals surface area contributed by atoms with E-state index >= 15 is 0 Å². The number of pyridine rings is 1. The van der Waals surface area contributed by atoms with Crippen LogP contribution >= 0.6 is 0 Å². The molecule has 1 amide bonds. The highest BCUT2D eigenvalue weighted by atomic mass is 16.1. The Bertz CT molecular complexity index is 666. The van der Waals surface area contributed by atoms with E-state index in [4.69, 9.17) is 0 Å². The first-order chi connectivity index (χ1) is 12.3. The lowest BCUT2D eigenvalue weighted by molar-refractivity contribution is 0.0953. The number of amides is 1. The number of hydrogen-bond acceptors (Lipinski definition) is 3. The number of anilines is 1. The minimum absolute atomic E-state index is 0.0258. The largest absolute Gasteiger partial charge is 0.367 e. The Kier molecular flexibility index (Phi) is 6.43. The van der Waals surface area contributed by atoms with Gasteiger partial charge in [0, 0.05) is 24.3 Å². The fourth-order valence-corrected chi connectivity index (χ4v) is 3.35. The third-order valence-corrected chi connectivity index (χ3v) is 4.75. The Morgan fingerprint density at radius 3 is 2.68 bits per heavy atom. The van der Waals surface area contributed by atoms with Crippen LogP contribution in [-0.2, 0) is 6.42 Å². The zero-order valence-corrected chi connectivity index (χ0v) is 14.7. The van der Waals surface area contributed by atoms with E-state index in [1.165, 1.54) is 37.7 Å². The molecule has 0 bridgehead atoms. The second-order valence-corrected chi connectivity index (χ2v) is 6.75. The van der Waals surface area contributed by atoms with E-state index in [1.54, 1.807) is 12.3 Å². The molecule has 4 nitrogen and oxygen atoms in total. The predicted octanol–water partition coefficient (Wildman–Crippen LogP) is 4.19. The molecule has 0 spiro atoms. The fraction of sp³-hybridized carbons (Fsp3) is 0.429. The zero-order chi connectivity index (χ0) is 17.3. The number of carbonyl (C=O) groups is 1. The SMILES string of the molecule is O=C(NCCCc1ccccc1)c1ccnc(NC2CCCCC2)c1. The highest BCUT2D eigenvalue weighted by Crippen LogP contribution is 2.21. The van der Waals surface area contributed by atoms with Crippen molar-refractivity contribution >= 4 is 11.7 Å². The van der Waals surface area contributed by atoms with E-state index < -0.39 is 0 Å². The second kappa shape index (κ2) is 9.21. The maximum absolute atomic E-state index is 12.3. The summed E-state index contributed by atoms with van der Waals surface area (Å²) < 4.78 is 0. The summed E-state index contributed by atoms with van der Waals surface area (Å²) in [5, 5.41) is 6.48. The Hall–Kier alpha value is -2.36. The molecule has 2 N–H and O–H groups in total. The average molecular weight is 337 g/mol. The van der Waals surface area contributed by atoms with Crippen LogP contribution in [0, 0.1) is 0 Å². The van der Waals surface area contributed by atoms with Crippen molar-refractivity contribution in [2.24, 2.45) is 0 Å². The molecule has 1 aromatic heterocycles.